The molecular weight excluding hydrogens is 372 g/mol. The van der Waals surface area contributed by atoms with Crippen molar-refractivity contribution in [1.29, 1.82) is 0 Å². The molecule has 4 saturated carbocycles. The molecule has 0 spiro atoms. The number of aryl methyl sites for hydroxylation is 3. The molecular formula is C26H34N2O2. The summed E-state index contributed by atoms with van der Waals surface area (Å²) in [4.78, 5) is 20.9. The summed E-state index contributed by atoms with van der Waals surface area (Å²) in [7, 11) is 0. The molecule has 0 radical (unpaired) electrons. The van der Waals surface area contributed by atoms with Crippen molar-refractivity contribution < 1.29 is 9.53 Å². The number of carbonyl (C=O) groups excluding carboxylic acids is 1. The van der Waals surface area contributed by atoms with Crippen LogP contribution in [0.2, 0.25) is 0 Å². The van der Waals surface area contributed by atoms with Crippen molar-refractivity contribution in [3.05, 3.63) is 40.7 Å². The lowest BCUT2D eigenvalue weighted by Crippen LogP contribution is -2.46. The van der Waals surface area contributed by atoms with Gasteiger partial charge in [0.05, 0.1) is 6.61 Å². The van der Waals surface area contributed by atoms with Crippen LogP contribution in [0.25, 0.3) is 11.4 Å². The minimum absolute atomic E-state index is 0.300. The molecule has 1 aromatic carbocycles. The third-order valence-corrected chi connectivity index (χ3v) is 7.97. The smallest absolute Gasteiger partial charge is 0.358 e. The normalized spacial score (nSPS) is 29.4. The van der Waals surface area contributed by atoms with E-state index in [4.69, 9.17) is 9.72 Å². The van der Waals surface area contributed by atoms with Crippen molar-refractivity contribution in [2.75, 3.05) is 6.61 Å². The van der Waals surface area contributed by atoms with Crippen LogP contribution in [0.4, 0.5) is 0 Å². The summed E-state index contributed by atoms with van der Waals surface area (Å²) in [6, 6.07) is 6.38. The van der Waals surface area contributed by atoms with Crippen LogP contribution >= 0.6 is 0 Å². The van der Waals surface area contributed by atoms with Crippen molar-refractivity contribution in [3.63, 3.8) is 0 Å². The van der Waals surface area contributed by atoms with Gasteiger partial charge in [0.2, 0.25) is 0 Å². The Kier molecular flexibility index (Phi) is 4.99. The second-order valence-corrected chi connectivity index (χ2v) is 10.4. The number of nitrogens with one attached hydrogen (secondary N) is 1. The molecule has 1 aromatic heterocycles. The van der Waals surface area contributed by atoms with E-state index in [1.165, 1.54) is 44.1 Å². The third-order valence-electron chi connectivity index (χ3n) is 7.97. The number of aromatic nitrogens is 2. The monoisotopic (exact) mass is 406 g/mol. The number of hydrogen-bond donors (Lipinski definition) is 1. The fourth-order valence-electron chi connectivity index (χ4n) is 7.06. The average molecular weight is 407 g/mol. The van der Waals surface area contributed by atoms with Crippen molar-refractivity contribution in [2.45, 2.75) is 72.1 Å². The van der Waals surface area contributed by atoms with E-state index in [-0.39, 0.29) is 5.97 Å². The number of aromatic amines is 1. The fraction of sp³-hybridized carbons (Fsp3) is 0.615. The molecule has 0 saturated heterocycles. The molecule has 4 aliphatic rings. The predicted octanol–water partition coefficient (Wildman–Crippen LogP) is 6.02. The maximum absolute atomic E-state index is 12.7. The van der Waals surface area contributed by atoms with E-state index in [2.05, 4.69) is 37.0 Å². The molecule has 0 amide bonds. The van der Waals surface area contributed by atoms with E-state index in [0.29, 0.717) is 17.7 Å². The van der Waals surface area contributed by atoms with Gasteiger partial charge in [-0.2, -0.15) is 0 Å². The number of benzene rings is 1. The third kappa shape index (κ3) is 3.59. The highest BCUT2D eigenvalue weighted by Crippen LogP contribution is 2.61. The molecule has 30 heavy (non-hydrogen) atoms. The minimum atomic E-state index is -0.300. The summed E-state index contributed by atoms with van der Waals surface area (Å²) >= 11 is 0. The molecule has 4 heteroatoms. The van der Waals surface area contributed by atoms with Gasteiger partial charge in [0, 0.05) is 11.3 Å². The number of nitrogens with zero attached hydrogens (tertiary/aromatic N) is 1. The minimum Gasteiger partial charge on any atom is -0.461 e. The Morgan fingerprint density at radius 1 is 1.13 bits per heavy atom. The van der Waals surface area contributed by atoms with Gasteiger partial charge in [-0.1, -0.05) is 17.7 Å². The number of H-pyrrole nitrogens is 1. The Bertz CT molecular complexity index is 923. The van der Waals surface area contributed by atoms with Gasteiger partial charge in [-0.15, -0.1) is 0 Å². The summed E-state index contributed by atoms with van der Waals surface area (Å²) in [6.07, 6.45) is 10.6. The van der Waals surface area contributed by atoms with Crippen molar-refractivity contribution >= 4 is 5.97 Å². The van der Waals surface area contributed by atoms with Gasteiger partial charge in [-0.05, 0) is 107 Å². The lowest BCUT2D eigenvalue weighted by Gasteiger charge is -2.57. The topological polar surface area (TPSA) is 55.0 Å². The number of hydrogen-bond acceptors (Lipinski definition) is 3. The van der Waals surface area contributed by atoms with Crippen LogP contribution in [0, 0.1) is 37.0 Å². The van der Waals surface area contributed by atoms with E-state index in [9.17, 15) is 4.79 Å². The fourth-order valence-corrected chi connectivity index (χ4v) is 7.06. The first-order chi connectivity index (χ1) is 14.4. The highest BCUT2D eigenvalue weighted by atomic mass is 16.5. The Hall–Kier alpha value is -2.10. The van der Waals surface area contributed by atoms with Crippen molar-refractivity contribution in [1.82, 2.24) is 9.97 Å². The molecule has 0 aliphatic heterocycles. The first-order valence-corrected chi connectivity index (χ1v) is 11.8. The molecule has 160 valence electrons. The molecule has 1 N–H and O–H groups in total. The Morgan fingerprint density at radius 3 is 2.43 bits per heavy atom. The van der Waals surface area contributed by atoms with Gasteiger partial charge in [-0.3, -0.25) is 0 Å². The summed E-state index contributed by atoms with van der Waals surface area (Å²) < 4.78 is 5.35. The zero-order valence-electron chi connectivity index (χ0n) is 18.6. The van der Waals surface area contributed by atoms with Crippen LogP contribution in [0.5, 0.6) is 0 Å². The quantitative estimate of drug-likeness (QED) is 0.597. The standard InChI is InChI=1S/C26H34N2O2/c1-4-30-25(29)23-22(27-24(28-23)21-9-16(2)5-6-17(21)3)7-8-26-13-18-10-19(14-26)12-20(11-18)15-26/h5-6,9,18-20H,4,7-8,10-15H2,1-3H3,(H,27,28). The van der Waals surface area contributed by atoms with Crippen LogP contribution in [-0.2, 0) is 11.2 Å². The average Bonchev–Trinajstić information content (AvgIpc) is 3.12. The zero-order valence-corrected chi connectivity index (χ0v) is 18.6. The van der Waals surface area contributed by atoms with Crippen molar-refractivity contribution in [2.24, 2.45) is 23.2 Å². The molecule has 4 nitrogen and oxygen atoms in total. The van der Waals surface area contributed by atoms with Gasteiger partial charge >= 0.3 is 5.97 Å². The molecule has 6 rings (SSSR count). The first kappa shape index (κ1) is 19.8. The Morgan fingerprint density at radius 2 is 1.80 bits per heavy atom. The maximum Gasteiger partial charge on any atom is 0.358 e. The number of imidazole rings is 1. The molecule has 1 heterocycles. The zero-order chi connectivity index (χ0) is 20.9. The van der Waals surface area contributed by atoms with Crippen LogP contribution in [0.3, 0.4) is 0 Å². The Balaban J connectivity index is 1.43. The molecule has 2 aromatic rings. The van der Waals surface area contributed by atoms with Gasteiger partial charge < -0.3 is 9.72 Å². The first-order valence-electron chi connectivity index (χ1n) is 11.8. The van der Waals surface area contributed by atoms with Gasteiger partial charge in [0.25, 0.3) is 0 Å². The van der Waals surface area contributed by atoms with E-state index in [0.717, 1.165) is 53.2 Å². The molecule has 4 fully saturated rings. The maximum atomic E-state index is 12.7. The summed E-state index contributed by atoms with van der Waals surface area (Å²) in [6.45, 7) is 6.41. The molecule has 4 bridgehead atoms. The van der Waals surface area contributed by atoms with Crippen molar-refractivity contribution in [3.8, 4) is 11.4 Å². The predicted molar refractivity (Wildman–Crippen MR) is 118 cm³/mol. The SMILES string of the molecule is CCOC(=O)c1nc(-c2cc(C)ccc2C)[nH]c1CCC12CC3CC(CC(C3)C1)C2. The highest BCUT2D eigenvalue weighted by molar-refractivity contribution is 5.89. The van der Waals surface area contributed by atoms with Gasteiger partial charge in [-0.25, -0.2) is 9.78 Å². The number of ether oxygens (including phenoxy) is 1. The summed E-state index contributed by atoms with van der Waals surface area (Å²) in [5.41, 5.74) is 5.36. The van der Waals surface area contributed by atoms with Gasteiger partial charge in [0.1, 0.15) is 5.82 Å². The number of esters is 1. The Labute approximate surface area is 179 Å². The lowest BCUT2D eigenvalue weighted by atomic mass is 9.48. The van der Waals surface area contributed by atoms with Crippen LogP contribution in [0.1, 0.15) is 79.2 Å². The second-order valence-electron chi connectivity index (χ2n) is 10.4. The molecule has 0 atom stereocenters. The highest BCUT2D eigenvalue weighted by Gasteiger charge is 2.50. The lowest BCUT2D eigenvalue weighted by molar-refractivity contribution is -0.0571. The van der Waals surface area contributed by atoms with E-state index >= 15 is 0 Å². The second kappa shape index (κ2) is 7.55. The van der Waals surface area contributed by atoms with Crippen LogP contribution in [-0.4, -0.2) is 22.5 Å². The number of carbonyl (C=O) groups is 1. The van der Waals surface area contributed by atoms with E-state index in [1.807, 2.05) is 6.92 Å². The van der Waals surface area contributed by atoms with Crippen LogP contribution < -0.4 is 0 Å². The largest absolute Gasteiger partial charge is 0.461 e. The van der Waals surface area contributed by atoms with Crippen LogP contribution in [0.15, 0.2) is 18.2 Å². The van der Waals surface area contributed by atoms with Gasteiger partial charge in [0.15, 0.2) is 5.69 Å². The number of rotatable bonds is 6. The van der Waals surface area contributed by atoms with E-state index < -0.39 is 0 Å². The summed E-state index contributed by atoms with van der Waals surface area (Å²) in [5.74, 6) is 3.35. The summed E-state index contributed by atoms with van der Waals surface area (Å²) in [5, 5.41) is 0. The van der Waals surface area contributed by atoms with E-state index in [1.54, 1.807) is 0 Å². The molecule has 4 aliphatic carbocycles. The molecule has 0 unspecified atom stereocenters.